The molecule has 0 aliphatic carbocycles. The normalized spacial score (nSPS) is 9.44. The van der Waals surface area contributed by atoms with Gasteiger partial charge in [-0.1, -0.05) is 12.2 Å². The van der Waals surface area contributed by atoms with Crippen LogP contribution in [0.5, 0.6) is 0 Å². The molecule has 1 aromatic heterocycles. The predicted molar refractivity (Wildman–Crippen MR) is 44.5 cm³/mol. The van der Waals surface area contributed by atoms with Gasteiger partial charge in [-0.15, -0.1) is 0 Å². The lowest BCUT2D eigenvalue weighted by molar-refractivity contribution is 1.09. The zero-order valence-corrected chi connectivity index (χ0v) is 7.49. The number of hydrogen-bond acceptors (Lipinski definition) is 2. The molecule has 1 heterocycles. The second-order valence-corrected chi connectivity index (χ2v) is 3.14. The van der Waals surface area contributed by atoms with Gasteiger partial charge in [-0.2, -0.15) is 0 Å². The standard InChI is InChI=1S/C4H3BrN2S2/c5-2-1-3(8)7-4(9)6-2/h1H,(H2,6,7,8,9). The van der Waals surface area contributed by atoms with E-state index in [0.717, 1.165) is 4.60 Å². The molecule has 1 aromatic rings. The molecule has 0 amide bonds. The highest BCUT2D eigenvalue weighted by Crippen LogP contribution is 2.02. The Labute approximate surface area is 70.5 Å². The predicted octanol–water partition coefficient (Wildman–Crippen LogP) is 2.56. The lowest BCUT2D eigenvalue weighted by Crippen LogP contribution is -1.80. The summed E-state index contributed by atoms with van der Waals surface area (Å²) in [6.07, 6.45) is 0. The summed E-state index contributed by atoms with van der Waals surface area (Å²) >= 11 is 12.8. The highest BCUT2D eigenvalue weighted by atomic mass is 79.9. The fourth-order valence-electron chi connectivity index (χ4n) is 0.439. The van der Waals surface area contributed by atoms with Crippen molar-refractivity contribution in [3.63, 3.8) is 0 Å². The second kappa shape index (κ2) is 2.72. The summed E-state index contributed by atoms with van der Waals surface area (Å²) < 4.78 is 1.97. The van der Waals surface area contributed by atoms with Gasteiger partial charge in [0.25, 0.3) is 0 Å². The van der Waals surface area contributed by atoms with Crippen molar-refractivity contribution in [2.45, 2.75) is 0 Å². The maximum absolute atomic E-state index is 4.81. The van der Waals surface area contributed by atoms with Crippen molar-refractivity contribution in [3.05, 3.63) is 20.1 Å². The maximum atomic E-state index is 4.81. The summed E-state index contributed by atoms with van der Waals surface area (Å²) in [5.74, 6) is 0. The van der Waals surface area contributed by atoms with E-state index in [9.17, 15) is 0 Å². The van der Waals surface area contributed by atoms with Crippen LogP contribution in [0.2, 0.25) is 0 Å². The molecule has 0 aliphatic heterocycles. The van der Waals surface area contributed by atoms with Crippen molar-refractivity contribution < 1.29 is 0 Å². The molecule has 0 atom stereocenters. The Morgan fingerprint density at radius 3 is 2.44 bits per heavy atom. The second-order valence-electron chi connectivity index (χ2n) is 1.44. The number of nitrogens with one attached hydrogen (secondary N) is 2. The van der Waals surface area contributed by atoms with Crippen LogP contribution in [0.1, 0.15) is 0 Å². The van der Waals surface area contributed by atoms with Crippen LogP contribution in [0.3, 0.4) is 0 Å². The van der Waals surface area contributed by atoms with E-state index in [4.69, 9.17) is 24.4 Å². The van der Waals surface area contributed by atoms with Gasteiger partial charge in [0.1, 0.15) is 4.64 Å². The maximum Gasteiger partial charge on any atom is 0.176 e. The molecule has 0 radical (unpaired) electrons. The minimum atomic E-state index is 0.536. The van der Waals surface area contributed by atoms with E-state index >= 15 is 0 Å². The van der Waals surface area contributed by atoms with E-state index < -0.39 is 0 Å². The average molecular weight is 223 g/mol. The molecule has 0 aromatic carbocycles. The lowest BCUT2D eigenvalue weighted by atomic mass is 10.7. The zero-order valence-electron chi connectivity index (χ0n) is 4.27. The van der Waals surface area contributed by atoms with E-state index in [-0.39, 0.29) is 0 Å². The van der Waals surface area contributed by atoms with E-state index in [2.05, 4.69) is 25.9 Å². The number of hydrogen-bond donors (Lipinski definition) is 2. The molecule has 0 spiro atoms. The summed E-state index contributed by atoms with van der Waals surface area (Å²) in [5, 5.41) is 0. The number of H-pyrrole nitrogens is 2. The number of aromatic amines is 2. The molecule has 9 heavy (non-hydrogen) atoms. The number of halogens is 1. The van der Waals surface area contributed by atoms with E-state index in [1.54, 1.807) is 6.07 Å². The molecule has 0 aliphatic rings. The highest BCUT2D eigenvalue weighted by Gasteiger charge is 1.82. The highest BCUT2D eigenvalue weighted by molar-refractivity contribution is 9.10. The molecule has 0 bridgehead atoms. The monoisotopic (exact) mass is 222 g/mol. The lowest BCUT2D eigenvalue weighted by Gasteiger charge is -1.87. The van der Waals surface area contributed by atoms with E-state index in [1.807, 2.05) is 0 Å². The van der Waals surface area contributed by atoms with Gasteiger partial charge in [0, 0.05) is 6.07 Å². The molecule has 0 saturated heterocycles. The Bertz CT molecular complexity index is 285. The van der Waals surface area contributed by atoms with Gasteiger partial charge < -0.3 is 9.97 Å². The SMILES string of the molecule is S=c1cc(Br)[nH]c(=S)[nH]1. The van der Waals surface area contributed by atoms with Gasteiger partial charge >= 0.3 is 0 Å². The Morgan fingerprint density at radius 2 is 2.00 bits per heavy atom. The molecule has 48 valence electrons. The van der Waals surface area contributed by atoms with Crippen molar-refractivity contribution in [3.8, 4) is 0 Å². The fraction of sp³-hybridized carbons (Fsp3) is 0. The number of aromatic nitrogens is 2. The van der Waals surface area contributed by atoms with Gasteiger partial charge in [-0.25, -0.2) is 0 Å². The fourth-order valence-corrected chi connectivity index (χ4v) is 1.65. The third-order valence-electron chi connectivity index (χ3n) is 0.727. The minimum Gasteiger partial charge on any atom is -0.327 e. The first-order valence-corrected chi connectivity index (χ1v) is 3.78. The molecule has 0 unspecified atom stereocenters. The van der Waals surface area contributed by atoms with Crippen molar-refractivity contribution in [1.82, 2.24) is 9.97 Å². The van der Waals surface area contributed by atoms with Crippen LogP contribution in [0.15, 0.2) is 10.7 Å². The number of rotatable bonds is 0. The largest absolute Gasteiger partial charge is 0.327 e. The molecule has 0 fully saturated rings. The average Bonchev–Trinajstić information content (AvgIpc) is 1.59. The summed E-state index contributed by atoms with van der Waals surface area (Å²) in [6, 6.07) is 1.74. The van der Waals surface area contributed by atoms with Crippen LogP contribution in [0.25, 0.3) is 0 Å². The Kier molecular flexibility index (Phi) is 2.15. The van der Waals surface area contributed by atoms with Gasteiger partial charge in [0.2, 0.25) is 0 Å². The summed E-state index contributed by atoms with van der Waals surface area (Å²) in [6.45, 7) is 0. The quantitative estimate of drug-likeness (QED) is 0.523. The smallest absolute Gasteiger partial charge is 0.176 e. The van der Waals surface area contributed by atoms with E-state index in [0.29, 0.717) is 9.41 Å². The zero-order chi connectivity index (χ0) is 6.85. The van der Waals surface area contributed by atoms with Crippen LogP contribution < -0.4 is 0 Å². The molecular formula is C4H3BrN2S2. The summed E-state index contributed by atoms with van der Waals surface area (Å²) in [4.78, 5) is 5.58. The summed E-state index contributed by atoms with van der Waals surface area (Å²) in [7, 11) is 0. The van der Waals surface area contributed by atoms with Gasteiger partial charge in [-0.3, -0.25) is 0 Å². The first-order chi connectivity index (χ1) is 4.18. The first-order valence-electron chi connectivity index (χ1n) is 2.17. The molecule has 2 nitrogen and oxygen atoms in total. The van der Waals surface area contributed by atoms with Crippen molar-refractivity contribution in [2.24, 2.45) is 0 Å². The van der Waals surface area contributed by atoms with Gasteiger partial charge in [0.15, 0.2) is 4.77 Å². The minimum absolute atomic E-state index is 0.536. The van der Waals surface area contributed by atoms with Crippen LogP contribution in [0.4, 0.5) is 0 Å². The molecule has 1 rings (SSSR count). The van der Waals surface area contributed by atoms with Crippen LogP contribution >= 0.6 is 40.4 Å². The molecule has 0 saturated carbocycles. The summed E-state index contributed by atoms with van der Waals surface area (Å²) in [5.41, 5.74) is 0. The van der Waals surface area contributed by atoms with Crippen molar-refractivity contribution >= 4 is 40.4 Å². The van der Waals surface area contributed by atoms with Crippen molar-refractivity contribution in [2.75, 3.05) is 0 Å². The Balaban J connectivity index is 3.52. The van der Waals surface area contributed by atoms with Crippen LogP contribution in [-0.4, -0.2) is 9.97 Å². The topological polar surface area (TPSA) is 31.6 Å². The third kappa shape index (κ3) is 2.00. The van der Waals surface area contributed by atoms with Crippen LogP contribution in [0, 0.1) is 9.41 Å². The van der Waals surface area contributed by atoms with E-state index in [1.165, 1.54) is 0 Å². The third-order valence-corrected chi connectivity index (χ3v) is 1.58. The van der Waals surface area contributed by atoms with Crippen LogP contribution in [-0.2, 0) is 0 Å². The Hall–Kier alpha value is -0.0000000000000000833. The van der Waals surface area contributed by atoms with Crippen molar-refractivity contribution in [1.29, 1.82) is 0 Å². The Morgan fingerprint density at radius 1 is 1.33 bits per heavy atom. The van der Waals surface area contributed by atoms with Gasteiger partial charge in [0.05, 0.1) is 4.60 Å². The molecular weight excluding hydrogens is 220 g/mol. The first kappa shape index (κ1) is 7.11. The molecule has 5 heteroatoms. The van der Waals surface area contributed by atoms with Gasteiger partial charge in [-0.05, 0) is 28.1 Å². The molecule has 2 N–H and O–H groups in total.